The van der Waals surface area contributed by atoms with E-state index in [-0.39, 0.29) is 0 Å². The van der Waals surface area contributed by atoms with Crippen LogP contribution >= 0.6 is 11.3 Å². The van der Waals surface area contributed by atoms with Gasteiger partial charge in [-0.25, -0.2) is 9.99 Å². The van der Waals surface area contributed by atoms with Gasteiger partial charge in [0.05, 0.1) is 15.9 Å². The van der Waals surface area contributed by atoms with Crippen LogP contribution in [0.3, 0.4) is 0 Å². The Labute approximate surface area is 224 Å². The van der Waals surface area contributed by atoms with E-state index >= 15 is 0 Å². The number of aryl methyl sites for hydroxylation is 2. The Kier molecular flexibility index (Phi) is 12.5. The third-order valence-electron chi connectivity index (χ3n) is 6.89. The SMILES string of the molecule is CCCCCCCc1ccc(CCCCCCC)c(/C(C)=N/N(CCC)c2nc3ccccc3s2)c1. The zero-order valence-electron chi connectivity index (χ0n) is 23.2. The fourth-order valence-electron chi connectivity index (χ4n) is 4.79. The Hall–Kier alpha value is -2.20. The lowest BCUT2D eigenvalue weighted by Gasteiger charge is -2.18. The van der Waals surface area contributed by atoms with Gasteiger partial charge in [0, 0.05) is 12.1 Å². The third-order valence-corrected chi connectivity index (χ3v) is 7.94. The molecule has 0 aliphatic heterocycles. The fourth-order valence-corrected chi connectivity index (χ4v) is 5.73. The Balaban J connectivity index is 1.83. The summed E-state index contributed by atoms with van der Waals surface area (Å²) in [5.74, 6) is 0. The third kappa shape index (κ3) is 8.73. The van der Waals surface area contributed by atoms with E-state index < -0.39 is 0 Å². The topological polar surface area (TPSA) is 28.5 Å². The molecule has 0 spiro atoms. The lowest BCUT2D eigenvalue weighted by molar-refractivity contribution is 0.629. The number of hydrazone groups is 1. The highest BCUT2D eigenvalue weighted by molar-refractivity contribution is 7.22. The molecule has 0 saturated heterocycles. The summed E-state index contributed by atoms with van der Waals surface area (Å²) in [5.41, 5.74) is 6.40. The molecule has 0 fully saturated rings. The summed E-state index contributed by atoms with van der Waals surface area (Å²) in [7, 11) is 0. The molecule has 0 N–H and O–H groups in total. The maximum atomic E-state index is 5.18. The van der Waals surface area contributed by atoms with E-state index in [1.54, 1.807) is 11.3 Å². The number of benzene rings is 2. The number of fused-ring (bicyclic) bond motifs is 1. The Morgan fingerprint density at radius 1 is 0.806 bits per heavy atom. The van der Waals surface area contributed by atoms with Crippen LogP contribution in [0.25, 0.3) is 10.2 Å². The van der Waals surface area contributed by atoms with Crippen LogP contribution in [-0.2, 0) is 12.8 Å². The summed E-state index contributed by atoms with van der Waals surface area (Å²) >= 11 is 1.74. The summed E-state index contributed by atoms with van der Waals surface area (Å²) in [6.07, 6.45) is 16.5. The molecule has 4 heteroatoms. The highest BCUT2D eigenvalue weighted by Crippen LogP contribution is 2.29. The first kappa shape index (κ1) is 28.4. The van der Waals surface area contributed by atoms with Crippen molar-refractivity contribution < 1.29 is 0 Å². The number of nitrogens with zero attached hydrogens (tertiary/aromatic N) is 3. The number of hydrogen-bond donors (Lipinski definition) is 0. The molecule has 3 rings (SSSR count). The molecule has 0 aliphatic rings. The van der Waals surface area contributed by atoms with Crippen molar-refractivity contribution in [1.82, 2.24) is 4.98 Å². The van der Waals surface area contributed by atoms with E-state index in [2.05, 4.69) is 75.2 Å². The summed E-state index contributed by atoms with van der Waals surface area (Å²) < 4.78 is 1.22. The summed E-state index contributed by atoms with van der Waals surface area (Å²) in [6, 6.07) is 15.6. The molecule has 0 atom stereocenters. The van der Waals surface area contributed by atoms with Crippen molar-refractivity contribution in [2.24, 2.45) is 5.10 Å². The second kappa shape index (κ2) is 15.8. The van der Waals surface area contributed by atoms with Crippen molar-refractivity contribution in [2.45, 2.75) is 111 Å². The molecular formula is C32H47N3S. The predicted octanol–water partition coefficient (Wildman–Crippen LogP) is 9.96. The average Bonchev–Trinajstić information content (AvgIpc) is 3.33. The number of aromatic nitrogens is 1. The van der Waals surface area contributed by atoms with Crippen molar-refractivity contribution >= 4 is 32.4 Å². The van der Waals surface area contributed by atoms with Gasteiger partial charge >= 0.3 is 0 Å². The molecule has 0 saturated carbocycles. The highest BCUT2D eigenvalue weighted by Gasteiger charge is 2.14. The number of hydrogen-bond acceptors (Lipinski definition) is 4. The number of unbranched alkanes of at least 4 members (excludes halogenated alkanes) is 8. The largest absolute Gasteiger partial charge is 0.239 e. The Bertz CT molecular complexity index is 1040. The van der Waals surface area contributed by atoms with Crippen LogP contribution in [0.4, 0.5) is 5.13 Å². The molecule has 36 heavy (non-hydrogen) atoms. The average molecular weight is 506 g/mol. The molecule has 1 heterocycles. The van der Waals surface area contributed by atoms with Gasteiger partial charge in [0.2, 0.25) is 5.13 Å². The van der Waals surface area contributed by atoms with E-state index in [9.17, 15) is 0 Å². The normalized spacial score (nSPS) is 11.9. The minimum atomic E-state index is 0.876. The summed E-state index contributed by atoms with van der Waals surface area (Å²) in [4.78, 5) is 4.90. The van der Waals surface area contributed by atoms with E-state index in [1.807, 2.05) is 0 Å². The van der Waals surface area contributed by atoms with Gasteiger partial charge in [-0.1, -0.05) is 108 Å². The van der Waals surface area contributed by atoms with Crippen molar-refractivity contribution in [3.05, 3.63) is 59.2 Å². The van der Waals surface area contributed by atoms with Gasteiger partial charge in [-0.3, -0.25) is 0 Å². The van der Waals surface area contributed by atoms with Gasteiger partial charge in [0.15, 0.2) is 0 Å². The molecule has 1 aromatic heterocycles. The van der Waals surface area contributed by atoms with Crippen molar-refractivity contribution in [3.63, 3.8) is 0 Å². The van der Waals surface area contributed by atoms with Crippen LogP contribution in [0, 0.1) is 0 Å². The van der Waals surface area contributed by atoms with E-state index in [0.717, 1.165) is 42.2 Å². The Morgan fingerprint density at radius 3 is 2.19 bits per heavy atom. The number of thiazole rings is 1. The zero-order chi connectivity index (χ0) is 25.6. The molecule has 196 valence electrons. The summed E-state index contributed by atoms with van der Waals surface area (Å²) in [5, 5.41) is 8.30. The smallest absolute Gasteiger partial charge is 0.207 e. The number of para-hydroxylation sites is 1. The molecule has 0 amide bonds. The van der Waals surface area contributed by atoms with E-state index in [1.165, 1.54) is 85.6 Å². The van der Waals surface area contributed by atoms with Gasteiger partial charge in [-0.05, 0) is 68.4 Å². The lowest BCUT2D eigenvalue weighted by Crippen LogP contribution is -2.20. The van der Waals surface area contributed by atoms with Crippen LogP contribution in [0.2, 0.25) is 0 Å². The number of rotatable bonds is 17. The van der Waals surface area contributed by atoms with Crippen LogP contribution in [0.15, 0.2) is 47.6 Å². The zero-order valence-corrected chi connectivity index (χ0v) is 24.0. The highest BCUT2D eigenvalue weighted by atomic mass is 32.1. The minimum absolute atomic E-state index is 0.876. The Morgan fingerprint density at radius 2 is 1.50 bits per heavy atom. The molecule has 0 bridgehead atoms. The predicted molar refractivity (Wildman–Crippen MR) is 161 cm³/mol. The minimum Gasteiger partial charge on any atom is -0.239 e. The molecule has 0 aliphatic carbocycles. The second-order valence-electron chi connectivity index (χ2n) is 10.1. The van der Waals surface area contributed by atoms with Gasteiger partial charge in [0.25, 0.3) is 0 Å². The van der Waals surface area contributed by atoms with Crippen LogP contribution in [-0.4, -0.2) is 17.2 Å². The van der Waals surface area contributed by atoms with Gasteiger partial charge in [0.1, 0.15) is 0 Å². The quantitative estimate of drug-likeness (QED) is 0.104. The van der Waals surface area contributed by atoms with Gasteiger partial charge in [-0.2, -0.15) is 5.10 Å². The molecule has 3 nitrogen and oxygen atoms in total. The van der Waals surface area contributed by atoms with Crippen LogP contribution < -0.4 is 5.01 Å². The van der Waals surface area contributed by atoms with Crippen LogP contribution in [0.1, 0.15) is 115 Å². The molecule has 0 radical (unpaired) electrons. The van der Waals surface area contributed by atoms with Gasteiger partial charge < -0.3 is 0 Å². The van der Waals surface area contributed by atoms with Gasteiger partial charge in [-0.15, -0.1) is 0 Å². The van der Waals surface area contributed by atoms with Crippen molar-refractivity contribution in [1.29, 1.82) is 0 Å². The monoisotopic (exact) mass is 505 g/mol. The van der Waals surface area contributed by atoms with Crippen molar-refractivity contribution in [3.8, 4) is 0 Å². The lowest BCUT2D eigenvalue weighted by atomic mass is 9.94. The maximum Gasteiger partial charge on any atom is 0.207 e. The molecule has 2 aromatic carbocycles. The first-order valence-electron chi connectivity index (χ1n) is 14.5. The molecule has 0 unspecified atom stereocenters. The number of anilines is 1. The second-order valence-corrected chi connectivity index (χ2v) is 11.1. The first-order valence-corrected chi connectivity index (χ1v) is 15.3. The van der Waals surface area contributed by atoms with E-state index in [4.69, 9.17) is 10.1 Å². The fraction of sp³-hybridized carbons (Fsp3) is 0.562. The maximum absolute atomic E-state index is 5.18. The van der Waals surface area contributed by atoms with Crippen LogP contribution in [0.5, 0.6) is 0 Å². The van der Waals surface area contributed by atoms with Crippen molar-refractivity contribution in [2.75, 3.05) is 11.6 Å². The standard InChI is InChI=1S/C32H47N3S/c1-5-8-10-12-14-18-27-22-23-28(19-15-13-11-9-6-2)29(25-27)26(4)34-35(24-7-3)32-33-30-20-16-17-21-31(30)36-32/h16-17,20-23,25H,5-15,18-19,24H2,1-4H3/b34-26+. The molecule has 3 aromatic rings. The van der Waals surface area contributed by atoms with E-state index in [0.29, 0.717) is 0 Å². The summed E-state index contributed by atoms with van der Waals surface area (Å²) in [6.45, 7) is 9.85. The first-order chi connectivity index (χ1) is 17.7. The molecular weight excluding hydrogens is 458 g/mol.